The van der Waals surface area contributed by atoms with E-state index in [-0.39, 0.29) is 4.90 Å². The summed E-state index contributed by atoms with van der Waals surface area (Å²) in [5.74, 6) is 0.347. The average Bonchev–Trinajstić information content (AvgIpc) is 2.42. The number of hydroxylamine groups is 1. The van der Waals surface area contributed by atoms with Gasteiger partial charge in [0.15, 0.2) is 0 Å². The Kier molecular flexibility index (Phi) is 4.83. The van der Waals surface area contributed by atoms with Gasteiger partial charge in [0.1, 0.15) is 10.6 Å². The first kappa shape index (κ1) is 14.8. The molecule has 0 radical (unpaired) electrons. The minimum atomic E-state index is -3.68. The molecule has 0 saturated carbocycles. The summed E-state index contributed by atoms with van der Waals surface area (Å²) in [5.41, 5.74) is 0. The van der Waals surface area contributed by atoms with Crippen molar-refractivity contribution in [1.82, 2.24) is 4.47 Å². The van der Waals surface area contributed by atoms with Crippen LogP contribution in [0.3, 0.4) is 0 Å². The van der Waals surface area contributed by atoms with Crippen molar-refractivity contribution in [3.63, 3.8) is 0 Å². The summed E-state index contributed by atoms with van der Waals surface area (Å²) >= 11 is 3.28. The fraction of sp³-hybridized carbons (Fsp3) is 0.500. The van der Waals surface area contributed by atoms with E-state index in [0.29, 0.717) is 30.0 Å². The summed E-state index contributed by atoms with van der Waals surface area (Å²) in [6.07, 6.45) is 1.68. The monoisotopic (exact) mass is 349 g/mol. The molecule has 19 heavy (non-hydrogen) atoms. The summed E-state index contributed by atoms with van der Waals surface area (Å²) in [4.78, 5) is 5.37. The van der Waals surface area contributed by atoms with Gasteiger partial charge in [0.05, 0.1) is 13.2 Å². The van der Waals surface area contributed by atoms with Crippen molar-refractivity contribution in [3.05, 3.63) is 22.7 Å². The zero-order valence-corrected chi connectivity index (χ0v) is 13.0. The van der Waals surface area contributed by atoms with E-state index in [0.717, 1.165) is 17.3 Å². The second-order valence-corrected chi connectivity index (χ2v) is 6.81. The van der Waals surface area contributed by atoms with Crippen LogP contribution in [0.4, 0.5) is 0 Å². The van der Waals surface area contributed by atoms with Crippen LogP contribution in [0.2, 0.25) is 0 Å². The summed E-state index contributed by atoms with van der Waals surface area (Å²) < 4.78 is 32.2. The Morgan fingerprint density at radius 2 is 2.21 bits per heavy atom. The first-order valence-corrected chi connectivity index (χ1v) is 8.37. The van der Waals surface area contributed by atoms with Crippen LogP contribution in [0, 0.1) is 0 Å². The molecule has 0 amide bonds. The Labute approximate surface area is 121 Å². The number of hydrogen-bond acceptors (Lipinski definition) is 4. The molecule has 1 aliphatic rings. The van der Waals surface area contributed by atoms with Crippen molar-refractivity contribution >= 4 is 26.0 Å². The van der Waals surface area contributed by atoms with Crippen molar-refractivity contribution in [2.24, 2.45) is 0 Å². The van der Waals surface area contributed by atoms with E-state index in [9.17, 15) is 8.42 Å². The molecule has 0 spiro atoms. The van der Waals surface area contributed by atoms with Crippen molar-refractivity contribution < 1.29 is 18.0 Å². The number of halogens is 1. The molecule has 106 valence electrons. The molecular weight excluding hydrogens is 334 g/mol. The van der Waals surface area contributed by atoms with E-state index in [2.05, 4.69) is 15.9 Å². The van der Waals surface area contributed by atoms with Crippen LogP contribution in [0.25, 0.3) is 0 Å². The Hall–Kier alpha value is -0.630. The fourth-order valence-corrected chi connectivity index (χ4v) is 3.80. The van der Waals surface area contributed by atoms with E-state index in [1.807, 2.05) is 6.92 Å². The molecule has 0 N–H and O–H groups in total. The number of nitrogens with zero attached hydrogens (tertiary/aromatic N) is 1. The lowest BCUT2D eigenvalue weighted by atomic mass is 10.3. The number of rotatable bonds is 4. The number of ether oxygens (including phenoxy) is 1. The lowest BCUT2D eigenvalue weighted by Gasteiger charge is -2.26. The number of benzene rings is 1. The minimum absolute atomic E-state index is 0.130. The van der Waals surface area contributed by atoms with E-state index in [1.54, 1.807) is 12.1 Å². The molecule has 7 heteroatoms. The van der Waals surface area contributed by atoms with Crippen LogP contribution in [-0.2, 0) is 14.9 Å². The predicted molar refractivity (Wildman–Crippen MR) is 74.4 cm³/mol. The van der Waals surface area contributed by atoms with Gasteiger partial charge in [-0.25, -0.2) is 8.42 Å². The maximum Gasteiger partial charge on any atom is 0.268 e. The molecule has 1 aromatic carbocycles. The highest BCUT2D eigenvalue weighted by atomic mass is 79.9. The van der Waals surface area contributed by atoms with Crippen molar-refractivity contribution in [2.75, 3.05) is 19.8 Å². The first-order chi connectivity index (χ1) is 9.05. The van der Waals surface area contributed by atoms with Gasteiger partial charge < -0.3 is 4.74 Å². The molecule has 1 aromatic rings. The van der Waals surface area contributed by atoms with Crippen molar-refractivity contribution in [1.29, 1.82) is 0 Å². The molecule has 0 unspecified atom stereocenters. The molecule has 0 atom stereocenters. The van der Waals surface area contributed by atoms with Gasteiger partial charge in [-0.2, -0.15) is 0 Å². The van der Waals surface area contributed by atoms with Crippen molar-refractivity contribution in [3.8, 4) is 5.75 Å². The lowest BCUT2D eigenvalue weighted by molar-refractivity contribution is -0.108. The topological polar surface area (TPSA) is 55.8 Å². The van der Waals surface area contributed by atoms with Crippen LogP contribution in [0.1, 0.15) is 19.8 Å². The van der Waals surface area contributed by atoms with Gasteiger partial charge >= 0.3 is 0 Å². The third-order valence-electron chi connectivity index (χ3n) is 2.72. The van der Waals surface area contributed by atoms with Gasteiger partial charge in [-0.05, 0) is 38.0 Å². The second kappa shape index (κ2) is 6.21. The SMILES string of the molecule is CCOc1ccc(Br)cc1S(=O)(=O)N1CCCCO1. The summed E-state index contributed by atoms with van der Waals surface area (Å²) in [6, 6.07) is 4.93. The molecule has 1 saturated heterocycles. The molecule has 0 aliphatic carbocycles. The van der Waals surface area contributed by atoms with Crippen LogP contribution >= 0.6 is 15.9 Å². The van der Waals surface area contributed by atoms with E-state index in [4.69, 9.17) is 9.57 Å². The average molecular weight is 350 g/mol. The van der Waals surface area contributed by atoms with Gasteiger partial charge in [0, 0.05) is 11.0 Å². The summed E-state index contributed by atoms with van der Waals surface area (Å²) in [7, 11) is -3.68. The van der Waals surface area contributed by atoms with E-state index in [1.165, 1.54) is 6.07 Å². The molecule has 2 rings (SSSR count). The standard InChI is InChI=1S/C12H16BrNO4S/c1-2-17-11-6-5-10(13)9-12(11)19(15,16)14-7-3-4-8-18-14/h5-6,9H,2-4,7-8H2,1H3. The molecule has 1 aliphatic heterocycles. The normalized spacial score (nSPS) is 17.4. The van der Waals surface area contributed by atoms with Crippen LogP contribution in [0.5, 0.6) is 5.75 Å². The number of hydrogen-bond donors (Lipinski definition) is 0. The van der Waals surface area contributed by atoms with Gasteiger partial charge in [-0.3, -0.25) is 4.84 Å². The first-order valence-electron chi connectivity index (χ1n) is 6.13. The molecule has 0 aromatic heterocycles. The third kappa shape index (κ3) is 3.28. The Bertz CT molecular complexity index is 541. The summed E-state index contributed by atoms with van der Waals surface area (Å²) in [5, 5.41) is 0. The van der Waals surface area contributed by atoms with E-state index >= 15 is 0 Å². The van der Waals surface area contributed by atoms with Gasteiger partial charge in [-0.15, -0.1) is 0 Å². The van der Waals surface area contributed by atoms with Gasteiger partial charge in [0.25, 0.3) is 10.0 Å². The molecule has 5 nitrogen and oxygen atoms in total. The fourth-order valence-electron chi connectivity index (χ4n) is 1.83. The van der Waals surface area contributed by atoms with E-state index < -0.39 is 10.0 Å². The number of sulfonamides is 1. The van der Waals surface area contributed by atoms with Crippen LogP contribution in [-0.4, -0.2) is 32.6 Å². The van der Waals surface area contributed by atoms with Crippen molar-refractivity contribution in [2.45, 2.75) is 24.7 Å². The Morgan fingerprint density at radius 3 is 2.84 bits per heavy atom. The van der Waals surface area contributed by atoms with Crippen LogP contribution < -0.4 is 4.74 Å². The lowest BCUT2D eigenvalue weighted by Crippen LogP contribution is -2.35. The maximum absolute atomic E-state index is 12.5. The smallest absolute Gasteiger partial charge is 0.268 e. The highest BCUT2D eigenvalue weighted by Gasteiger charge is 2.30. The van der Waals surface area contributed by atoms with Gasteiger partial charge in [-0.1, -0.05) is 20.4 Å². The molecule has 1 heterocycles. The zero-order valence-electron chi connectivity index (χ0n) is 10.6. The Balaban J connectivity index is 2.40. The third-order valence-corrected chi connectivity index (χ3v) is 4.91. The van der Waals surface area contributed by atoms with Gasteiger partial charge in [0.2, 0.25) is 0 Å². The highest BCUT2D eigenvalue weighted by molar-refractivity contribution is 9.10. The zero-order chi connectivity index (χ0) is 13.9. The Morgan fingerprint density at radius 1 is 1.42 bits per heavy atom. The van der Waals surface area contributed by atoms with Crippen LogP contribution in [0.15, 0.2) is 27.6 Å². The summed E-state index contributed by atoms with van der Waals surface area (Å²) in [6.45, 7) is 3.03. The predicted octanol–water partition coefficient (Wildman–Crippen LogP) is 2.56. The highest BCUT2D eigenvalue weighted by Crippen LogP contribution is 2.31. The maximum atomic E-state index is 12.5. The molecular formula is C12H16BrNO4S. The molecule has 0 bridgehead atoms. The molecule has 1 fully saturated rings. The minimum Gasteiger partial charge on any atom is -0.492 e. The quantitative estimate of drug-likeness (QED) is 0.838. The largest absolute Gasteiger partial charge is 0.492 e. The second-order valence-electron chi connectivity index (χ2n) is 4.10.